The van der Waals surface area contributed by atoms with Gasteiger partial charge in [-0.1, -0.05) is 19.8 Å². The first-order valence-electron chi connectivity index (χ1n) is 6.53. The maximum Gasteiger partial charge on any atom is 0.226 e. The van der Waals surface area contributed by atoms with Crippen molar-refractivity contribution in [2.45, 2.75) is 38.1 Å². The lowest BCUT2D eigenvalue weighted by Gasteiger charge is -2.39. The molecule has 1 heterocycles. The van der Waals surface area contributed by atoms with E-state index in [1.54, 1.807) is 19.4 Å². The Hall–Kier alpha value is -1.36. The first kappa shape index (κ1) is 13.1. The molecule has 5 nitrogen and oxygen atoms in total. The lowest BCUT2D eigenvalue weighted by atomic mass is 9.76. The van der Waals surface area contributed by atoms with Gasteiger partial charge in [-0.15, -0.1) is 0 Å². The van der Waals surface area contributed by atoms with Gasteiger partial charge in [0.15, 0.2) is 0 Å². The van der Waals surface area contributed by atoms with Crippen molar-refractivity contribution in [3.8, 4) is 5.88 Å². The topological polar surface area (TPSA) is 73.1 Å². The highest BCUT2D eigenvalue weighted by molar-refractivity contribution is 5.32. The smallest absolute Gasteiger partial charge is 0.226 e. The number of aromatic nitrogens is 2. The minimum Gasteiger partial charge on any atom is -0.481 e. The van der Waals surface area contributed by atoms with Gasteiger partial charge in [0.25, 0.3) is 0 Å². The predicted molar refractivity (Wildman–Crippen MR) is 71.6 cm³/mol. The normalized spacial score (nSPS) is 27.8. The van der Waals surface area contributed by atoms with Crippen LogP contribution in [0.2, 0.25) is 0 Å². The molecule has 1 aliphatic carbocycles. The van der Waals surface area contributed by atoms with Crippen LogP contribution in [0.4, 0.5) is 5.95 Å². The fourth-order valence-electron chi connectivity index (χ4n) is 2.76. The van der Waals surface area contributed by atoms with Crippen molar-refractivity contribution < 1.29 is 4.74 Å². The van der Waals surface area contributed by atoms with E-state index in [2.05, 4.69) is 22.2 Å². The van der Waals surface area contributed by atoms with Crippen molar-refractivity contribution in [3.63, 3.8) is 0 Å². The van der Waals surface area contributed by atoms with E-state index in [4.69, 9.17) is 10.5 Å². The summed E-state index contributed by atoms with van der Waals surface area (Å²) in [6.45, 7) is 2.88. The second-order valence-electron chi connectivity index (χ2n) is 5.23. The van der Waals surface area contributed by atoms with Crippen LogP contribution in [0.15, 0.2) is 12.3 Å². The Labute approximate surface area is 108 Å². The lowest BCUT2D eigenvalue weighted by Crippen LogP contribution is -2.49. The van der Waals surface area contributed by atoms with Gasteiger partial charge < -0.3 is 15.8 Å². The number of hydrogen-bond acceptors (Lipinski definition) is 5. The number of hydrogen-bond donors (Lipinski definition) is 2. The minimum atomic E-state index is -0.0654. The molecule has 100 valence electrons. The van der Waals surface area contributed by atoms with Gasteiger partial charge in [-0.3, -0.25) is 0 Å². The van der Waals surface area contributed by atoms with Crippen LogP contribution in [0.25, 0.3) is 0 Å². The van der Waals surface area contributed by atoms with E-state index in [0.29, 0.717) is 24.3 Å². The Bertz CT molecular complexity index is 398. The molecule has 0 aromatic carbocycles. The molecule has 1 aromatic heterocycles. The molecule has 1 fully saturated rings. The Kier molecular flexibility index (Phi) is 4.01. The van der Waals surface area contributed by atoms with Crippen LogP contribution in [0.3, 0.4) is 0 Å². The molecular weight excluding hydrogens is 228 g/mol. The third kappa shape index (κ3) is 2.90. The molecule has 1 aliphatic rings. The van der Waals surface area contributed by atoms with E-state index in [1.165, 1.54) is 12.8 Å². The van der Waals surface area contributed by atoms with Crippen molar-refractivity contribution in [3.05, 3.63) is 12.3 Å². The van der Waals surface area contributed by atoms with E-state index in [9.17, 15) is 0 Å². The van der Waals surface area contributed by atoms with E-state index < -0.39 is 0 Å². The van der Waals surface area contributed by atoms with Crippen LogP contribution >= 0.6 is 0 Å². The number of nitrogens with one attached hydrogen (secondary N) is 1. The van der Waals surface area contributed by atoms with Crippen LogP contribution in [-0.2, 0) is 0 Å². The predicted octanol–water partition coefficient (Wildman–Crippen LogP) is 1.80. The molecule has 0 aliphatic heterocycles. The zero-order chi connectivity index (χ0) is 13.0. The van der Waals surface area contributed by atoms with Gasteiger partial charge in [0.1, 0.15) is 0 Å². The number of methoxy groups -OCH3 is 1. The number of anilines is 1. The standard InChI is InChI=1S/C13H22N4O/c1-10-4-3-6-13(8-10,9-14)17-12-15-7-5-11(16-12)18-2/h5,7,10H,3-4,6,8-9,14H2,1-2H3,(H,15,16,17). The molecule has 2 rings (SSSR count). The molecule has 2 unspecified atom stereocenters. The second kappa shape index (κ2) is 5.52. The van der Waals surface area contributed by atoms with Crippen LogP contribution in [-0.4, -0.2) is 29.2 Å². The molecule has 0 saturated heterocycles. The summed E-state index contributed by atoms with van der Waals surface area (Å²) in [4.78, 5) is 8.55. The van der Waals surface area contributed by atoms with Gasteiger partial charge >= 0.3 is 0 Å². The second-order valence-corrected chi connectivity index (χ2v) is 5.23. The number of ether oxygens (including phenoxy) is 1. The first-order valence-corrected chi connectivity index (χ1v) is 6.53. The summed E-state index contributed by atoms with van der Waals surface area (Å²) in [5.74, 6) is 1.87. The Morgan fingerprint density at radius 1 is 1.61 bits per heavy atom. The van der Waals surface area contributed by atoms with Crippen molar-refractivity contribution >= 4 is 5.95 Å². The van der Waals surface area contributed by atoms with E-state index in [1.807, 2.05) is 0 Å². The maximum absolute atomic E-state index is 5.97. The van der Waals surface area contributed by atoms with Crippen molar-refractivity contribution in [1.82, 2.24) is 9.97 Å². The summed E-state index contributed by atoms with van der Waals surface area (Å²) in [7, 11) is 1.60. The maximum atomic E-state index is 5.97. The van der Waals surface area contributed by atoms with Gasteiger partial charge in [0.2, 0.25) is 11.8 Å². The van der Waals surface area contributed by atoms with Gasteiger partial charge in [0.05, 0.1) is 12.6 Å². The van der Waals surface area contributed by atoms with Gasteiger partial charge in [-0.2, -0.15) is 4.98 Å². The van der Waals surface area contributed by atoms with Gasteiger partial charge in [-0.25, -0.2) is 4.98 Å². The summed E-state index contributed by atoms with van der Waals surface area (Å²) in [6, 6.07) is 1.74. The van der Waals surface area contributed by atoms with Crippen molar-refractivity contribution in [1.29, 1.82) is 0 Å². The van der Waals surface area contributed by atoms with E-state index >= 15 is 0 Å². The third-order valence-electron chi connectivity index (χ3n) is 3.70. The summed E-state index contributed by atoms with van der Waals surface area (Å²) in [6.07, 6.45) is 6.33. The van der Waals surface area contributed by atoms with E-state index in [-0.39, 0.29) is 5.54 Å². The molecule has 0 spiro atoms. The average Bonchev–Trinajstić information content (AvgIpc) is 2.39. The highest BCUT2D eigenvalue weighted by Crippen LogP contribution is 2.33. The van der Waals surface area contributed by atoms with Crippen LogP contribution in [0.5, 0.6) is 5.88 Å². The van der Waals surface area contributed by atoms with Crippen LogP contribution in [0.1, 0.15) is 32.6 Å². The minimum absolute atomic E-state index is 0.0654. The highest BCUT2D eigenvalue weighted by Gasteiger charge is 2.34. The molecule has 1 saturated carbocycles. The Morgan fingerprint density at radius 2 is 2.44 bits per heavy atom. The van der Waals surface area contributed by atoms with Crippen LogP contribution in [0, 0.1) is 5.92 Å². The van der Waals surface area contributed by atoms with Crippen molar-refractivity contribution in [2.75, 3.05) is 19.0 Å². The molecule has 3 N–H and O–H groups in total. The molecule has 0 radical (unpaired) electrons. The summed E-state index contributed by atoms with van der Waals surface area (Å²) in [5, 5.41) is 3.42. The Morgan fingerprint density at radius 3 is 3.11 bits per heavy atom. The molecule has 2 atom stereocenters. The number of nitrogens with two attached hydrogens (primary N) is 1. The highest BCUT2D eigenvalue weighted by atomic mass is 16.5. The SMILES string of the molecule is COc1ccnc(NC2(CN)CCCC(C)C2)n1. The number of rotatable bonds is 4. The monoisotopic (exact) mass is 250 g/mol. The summed E-state index contributed by atoms with van der Waals surface area (Å²) in [5.41, 5.74) is 5.90. The third-order valence-corrected chi connectivity index (χ3v) is 3.70. The van der Waals surface area contributed by atoms with Crippen molar-refractivity contribution in [2.24, 2.45) is 11.7 Å². The molecule has 0 amide bonds. The lowest BCUT2D eigenvalue weighted by molar-refractivity contribution is 0.262. The zero-order valence-corrected chi connectivity index (χ0v) is 11.1. The molecule has 0 bridgehead atoms. The molecule has 1 aromatic rings. The Balaban J connectivity index is 2.13. The fraction of sp³-hybridized carbons (Fsp3) is 0.692. The fourth-order valence-corrected chi connectivity index (χ4v) is 2.76. The van der Waals surface area contributed by atoms with Gasteiger partial charge in [0, 0.05) is 18.8 Å². The quantitative estimate of drug-likeness (QED) is 0.852. The summed E-state index contributed by atoms with van der Waals surface area (Å²) >= 11 is 0. The van der Waals surface area contributed by atoms with E-state index in [0.717, 1.165) is 12.8 Å². The average molecular weight is 250 g/mol. The summed E-state index contributed by atoms with van der Waals surface area (Å²) < 4.78 is 5.11. The van der Waals surface area contributed by atoms with Gasteiger partial charge in [-0.05, 0) is 18.8 Å². The molecule has 18 heavy (non-hydrogen) atoms. The molecular formula is C13H22N4O. The van der Waals surface area contributed by atoms with Crippen LogP contribution < -0.4 is 15.8 Å². The number of nitrogens with zero attached hydrogens (tertiary/aromatic N) is 2. The first-order chi connectivity index (χ1) is 8.67. The molecule has 5 heteroatoms. The largest absolute Gasteiger partial charge is 0.481 e. The zero-order valence-electron chi connectivity index (χ0n) is 11.1.